The Labute approximate surface area is 169 Å². The highest BCUT2D eigenvalue weighted by Gasteiger charge is 2.37. The second kappa shape index (κ2) is 7.20. The van der Waals surface area contributed by atoms with E-state index in [9.17, 15) is 13.2 Å². The van der Waals surface area contributed by atoms with E-state index < -0.39 is 24.5 Å². The zero-order valence-electron chi connectivity index (χ0n) is 13.9. The first-order chi connectivity index (χ1) is 13.4. The molecule has 0 fully saturated rings. The van der Waals surface area contributed by atoms with E-state index in [1.807, 2.05) is 0 Å². The number of ether oxygens (including phenoxy) is 1. The number of rotatable bonds is 4. The lowest BCUT2D eigenvalue weighted by Gasteiger charge is -2.20. The third-order valence-corrected chi connectivity index (χ3v) is 5.55. The van der Waals surface area contributed by atoms with Crippen molar-refractivity contribution >= 4 is 38.6 Å². The molecule has 3 aromatic rings. The minimum atomic E-state index is -3.01. The molecular weight excluding hydrogens is 463 g/mol. The fraction of sp³-hybridized carbons (Fsp3) is 0.235. The van der Waals surface area contributed by atoms with Crippen LogP contribution in [0.4, 0.5) is 13.2 Å². The van der Waals surface area contributed by atoms with Crippen LogP contribution in [0.3, 0.4) is 0 Å². The predicted octanol–water partition coefficient (Wildman–Crippen LogP) is 6.54. The van der Waals surface area contributed by atoms with Gasteiger partial charge in [0, 0.05) is 21.0 Å². The number of alkyl halides is 2. The molecule has 2 heterocycles. The molecule has 0 saturated carbocycles. The minimum Gasteiger partial charge on any atom is -0.434 e. The number of hydrogen-bond acceptors (Lipinski definition) is 3. The molecule has 0 radical (unpaired) electrons. The summed E-state index contributed by atoms with van der Waals surface area (Å²) in [5, 5.41) is 3.67. The molecule has 28 heavy (non-hydrogen) atoms. The van der Waals surface area contributed by atoms with Gasteiger partial charge in [0.15, 0.2) is 0 Å². The second-order valence-corrected chi connectivity index (χ2v) is 7.36. The smallest absolute Gasteiger partial charge is 0.387 e. The topological polar surface area (TPSA) is 75.8 Å². The molecule has 2 aromatic carbocycles. The molecule has 144 valence electrons. The maximum Gasteiger partial charge on any atom is 0.387 e. The summed E-state index contributed by atoms with van der Waals surface area (Å²) in [7, 11) is 0. The molecule has 1 aliphatic heterocycles. The van der Waals surface area contributed by atoms with Crippen molar-refractivity contribution in [3.63, 3.8) is 0 Å². The Morgan fingerprint density at radius 1 is 1.39 bits per heavy atom. The summed E-state index contributed by atoms with van der Waals surface area (Å²) in [6.45, 7) is -3.01. The predicted molar refractivity (Wildman–Crippen MR) is 100 cm³/mol. The lowest BCUT2D eigenvalue weighted by atomic mass is 10.0. The van der Waals surface area contributed by atoms with Gasteiger partial charge in [-0.05, 0) is 30.2 Å². The van der Waals surface area contributed by atoms with Gasteiger partial charge in [-0.25, -0.2) is 9.37 Å². The van der Waals surface area contributed by atoms with Crippen molar-refractivity contribution in [1.29, 1.82) is 0 Å². The van der Waals surface area contributed by atoms with Gasteiger partial charge >= 0.3 is 6.61 Å². The summed E-state index contributed by atoms with van der Waals surface area (Å²) in [4.78, 5) is 7.24. The summed E-state index contributed by atoms with van der Waals surface area (Å²) in [5.41, 5.74) is 10.2. The number of fused-ring (bicyclic) bond motifs is 3. The molecule has 0 amide bonds. The lowest BCUT2D eigenvalue weighted by Crippen LogP contribution is -2.11. The summed E-state index contributed by atoms with van der Waals surface area (Å²) in [6.07, 6.45) is 0.277. The summed E-state index contributed by atoms with van der Waals surface area (Å²) >= 11 is 9.33. The number of benzene rings is 2. The SMILES string of the molecule is [N-]=[N+]=N[C@@H]1C[C@H](c2c(Br)cccc2OC(F)F)n2c1nc1cc(F)c(Cl)cc12. The number of azide groups is 1. The lowest BCUT2D eigenvalue weighted by molar-refractivity contribution is -0.0507. The zero-order valence-corrected chi connectivity index (χ0v) is 16.2. The summed E-state index contributed by atoms with van der Waals surface area (Å²) in [5.74, 6) is -0.249. The Balaban J connectivity index is 1.97. The van der Waals surface area contributed by atoms with Crippen LogP contribution in [0.1, 0.15) is 29.9 Å². The number of aromatic nitrogens is 2. The maximum absolute atomic E-state index is 13.9. The van der Waals surface area contributed by atoms with E-state index in [1.54, 1.807) is 16.7 Å². The first-order valence-corrected chi connectivity index (χ1v) is 9.22. The Bertz CT molecular complexity index is 1130. The second-order valence-electron chi connectivity index (χ2n) is 6.10. The highest BCUT2D eigenvalue weighted by atomic mass is 79.9. The van der Waals surface area contributed by atoms with Crippen LogP contribution in [-0.4, -0.2) is 16.2 Å². The maximum atomic E-state index is 13.9. The summed E-state index contributed by atoms with van der Waals surface area (Å²) in [6, 6.07) is 6.10. The van der Waals surface area contributed by atoms with Gasteiger partial charge in [-0.2, -0.15) is 8.78 Å². The largest absolute Gasteiger partial charge is 0.434 e. The van der Waals surface area contributed by atoms with Gasteiger partial charge < -0.3 is 9.30 Å². The van der Waals surface area contributed by atoms with Crippen molar-refractivity contribution in [3.05, 3.63) is 67.5 Å². The van der Waals surface area contributed by atoms with Crippen LogP contribution in [-0.2, 0) is 0 Å². The Kier molecular flexibility index (Phi) is 4.86. The number of hydrogen-bond donors (Lipinski definition) is 0. The molecule has 0 spiro atoms. The molecule has 0 bridgehead atoms. The van der Waals surface area contributed by atoms with Crippen molar-refractivity contribution < 1.29 is 17.9 Å². The van der Waals surface area contributed by atoms with E-state index in [0.717, 1.165) is 0 Å². The van der Waals surface area contributed by atoms with Gasteiger partial charge in [-0.1, -0.05) is 38.7 Å². The fourth-order valence-electron chi connectivity index (χ4n) is 3.54. The van der Waals surface area contributed by atoms with Gasteiger partial charge in [0.1, 0.15) is 17.4 Å². The van der Waals surface area contributed by atoms with Crippen LogP contribution >= 0.6 is 27.5 Å². The van der Waals surface area contributed by atoms with Crippen LogP contribution in [0.5, 0.6) is 5.75 Å². The number of nitrogens with zero attached hydrogens (tertiary/aromatic N) is 5. The third-order valence-electron chi connectivity index (χ3n) is 4.57. The van der Waals surface area contributed by atoms with Crippen LogP contribution in [0, 0.1) is 5.82 Å². The van der Waals surface area contributed by atoms with E-state index in [0.29, 0.717) is 26.9 Å². The van der Waals surface area contributed by atoms with Gasteiger partial charge in [-0.3, -0.25) is 0 Å². The van der Waals surface area contributed by atoms with E-state index >= 15 is 0 Å². The quantitative estimate of drug-likeness (QED) is 0.246. The summed E-state index contributed by atoms with van der Waals surface area (Å²) < 4.78 is 46.7. The number of halogens is 5. The van der Waals surface area contributed by atoms with E-state index in [2.05, 4.69) is 30.9 Å². The van der Waals surface area contributed by atoms with E-state index in [-0.39, 0.29) is 17.2 Å². The molecule has 6 nitrogen and oxygen atoms in total. The molecule has 1 aliphatic rings. The Hall–Kier alpha value is -2.42. The number of imidazole rings is 1. The van der Waals surface area contributed by atoms with E-state index in [4.69, 9.17) is 21.9 Å². The van der Waals surface area contributed by atoms with Crippen LogP contribution < -0.4 is 4.74 Å². The highest BCUT2D eigenvalue weighted by molar-refractivity contribution is 9.10. The van der Waals surface area contributed by atoms with Crippen molar-refractivity contribution in [2.45, 2.75) is 25.1 Å². The molecular formula is C17H10BrClF3N5O. The average Bonchev–Trinajstić information content (AvgIpc) is 3.14. The van der Waals surface area contributed by atoms with Crippen LogP contribution in [0.15, 0.2) is 39.9 Å². The van der Waals surface area contributed by atoms with Crippen molar-refractivity contribution in [1.82, 2.24) is 9.55 Å². The fourth-order valence-corrected chi connectivity index (χ4v) is 4.31. The van der Waals surface area contributed by atoms with E-state index in [1.165, 1.54) is 18.2 Å². The molecule has 2 atom stereocenters. The van der Waals surface area contributed by atoms with Gasteiger partial charge in [0.2, 0.25) is 0 Å². The first kappa shape index (κ1) is 18.9. The molecule has 0 unspecified atom stereocenters. The molecule has 1 aromatic heterocycles. The van der Waals surface area contributed by atoms with Gasteiger partial charge in [-0.15, -0.1) is 0 Å². The Morgan fingerprint density at radius 2 is 2.18 bits per heavy atom. The molecule has 0 aliphatic carbocycles. The first-order valence-electron chi connectivity index (χ1n) is 8.05. The Morgan fingerprint density at radius 3 is 2.89 bits per heavy atom. The molecule has 11 heteroatoms. The normalized spacial score (nSPS) is 18.4. The van der Waals surface area contributed by atoms with Crippen molar-refractivity contribution in [2.75, 3.05) is 0 Å². The highest BCUT2D eigenvalue weighted by Crippen LogP contribution is 2.48. The van der Waals surface area contributed by atoms with Crippen molar-refractivity contribution in [3.8, 4) is 5.75 Å². The minimum absolute atomic E-state index is 0.0167. The molecule has 0 saturated heterocycles. The average molecular weight is 473 g/mol. The van der Waals surface area contributed by atoms with Crippen LogP contribution in [0.2, 0.25) is 5.02 Å². The zero-order chi connectivity index (χ0) is 20.0. The van der Waals surface area contributed by atoms with Gasteiger partial charge in [0.25, 0.3) is 0 Å². The molecule has 0 N–H and O–H groups in total. The van der Waals surface area contributed by atoms with Gasteiger partial charge in [0.05, 0.1) is 28.1 Å². The van der Waals surface area contributed by atoms with Crippen LogP contribution in [0.25, 0.3) is 21.5 Å². The van der Waals surface area contributed by atoms with Crippen molar-refractivity contribution in [2.24, 2.45) is 5.11 Å². The monoisotopic (exact) mass is 471 g/mol. The molecule has 4 rings (SSSR count). The standard InChI is InChI=1S/C17H10BrClF3N5O/c18-7-2-1-3-14(28-17(21)22)15(7)13-6-11(25-26-23)16-24-10-5-9(20)8(19)4-12(10)27(13)16/h1-5,11,13,17H,6H2/t11-,13-/m1/s1. The third kappa shape index (κ3) is 3.07.